The van der Waals surface area contributed by atoms with Gasteiger partial charge in [0.25, 0.3) is 0 Å². The minimum atomic E-state index is -0.598. The number of aliphatic hydroxyl groups is 1. The standard InChI is InChI=1S/C30H39N3O3/c1-33(17-8-13-27-31-28-25(35-2)14-15-26(36-3)29(28)32-27)18-16-30(34)20-22-11-7-12-23(30)19-24(22)21-9-5-4-6-10-21/h4-6,9-10,14-15,19,22-23,34H,7-8,11-13,16-18,20H2,1-3H3,(H,31,32)/t22-,23+,30+/m1/s1. The van der Waals surface area contributed by atoms with Crippen LogP contribution in [0.3, 0.4) is 0 Å². The second kappa shape index (κ2) is 10.7. The third kappa shape index (κ3) is 5.02. The van der Waals surface area contributed by atoms with Crippen LogP contribution in [0.2, 0.25) is 0 Å². The average molecular weight is 490 g/mol. The molecule has 1 aromatic heterocycles. The van der Waals surface area contributed by atoms with Crippen molar-refractivity contribution in [3.05, 3.63) is 59.9 Å². The van der Waals surface area contributed by atoms with Crippen molar-refractivity contribution in [3.63, 3.8) is 0 Å². The Morgan fingerprint density at radius 1 is 1.06 bits per heavy atom. The summed E-state index contributed by atoms with van der Waals surface area (Å²) < 4.78 is 11.0. The number of nitrogens with zero attached hydrogens (tertiary/aromatic N) is 2. The summed E-state index contributed by atoms with van der Waals surface area (Å²) in [4.78, 5) is 10.5. The fourth-order valence-corrected chi connectivity index (χ4v) is 6.20. The second-order valence-electron chi connectivity index (χ2n) is 10.6. The lowest BCUT2D eigenvalue weighted by atomic mass is 9.70. The van der Waals surface area contributed by atoms with E-state index < -0.39 is 5.60 Å². The maximum atomic E-state index is 11.7. The predicted octanol–water partition coefficient (Wildman–Crippen LogP) is 5.47. The number of aryl methyl sites for hydroxylation is 1. The van der Waals surface area contributed by atoms with Crippen molar-refractivity contribution >= 4 is 16.6 Å². The number of H-pyrrole nitrogens is 1. The Balaban J connectivity index is 1.17. The van der Waals surface area contributed by atoms with Crippen molar-refractivity contribution in [1.29, 1.82) is 0 Å². The van der Waals surface area contributed by atoms with E-state index in [0.717, 1.165) is 73.6 Å². The van der Waals surface area contributed by atoms with E-state index >= 15 is 0 Å². The summed E-state index contributed by atoms with van der Waals surface area (Å²) >= 11 is 0. The third-order valence-electron chi connectivity index (χ3n) is 8.22. The zero-order valence-electron chi connectivity index (χ0n) is 21.8. The Hall–Kier alpha value is -2.83. The molecule has 3 aromatic rings. The number of ether oxygens (including phenoxy) is 2. The van der Waals surface area contributed by atoms with Gasteiger partial charge in [-0.1, -0.05) is 42.8 Å². The van der Waals surface area contributed by atoms with Crippen molar-refractivity contribution in [1.82, 2.24) is 14.9 Å². The van der Waals surface area contributed by atoms with Crippen LogP contribution in [0, 0.1) is 11.8 Å². The molecule has 0 unspecified atom stereocenters. The molecule has 0 radical (unpaired) electrons. The minimum absolute atomic E-state index is 0.250. The number of nitrogens with one attached hydrogen (secondary N) is 1. The van der Waals surface area contributed by atoms with Crippen LogP contribution in [0.25, 0.3) is 16.6 Å². The van der Waals surface area contributed by atoms with Crippen LogP contribution < -0.4 is 9.47 Å². The summed E-state index contributed by atoms with van der Waals surface area (Å²) in [5.41, 5.74) is 3.88. The second-order valence-corrected chi connectivity index (χ2v) is 10.6. The van der Waals surface area contributed by atoms with E-state index in [9.17, 15) is 5.11 Å². The fourth-order valence-electron chi connectivity index (χ4n) is 6.20. The molecule has 192 valence electrons. The molecule has 2 aromatic carbocycles. The van der Waals surface area contributed by atoms with Gasteiger partial charge in [0.05, 0.1) is 19.8 Å². The number of hydrogen-bond donors (Lipinski definition) is 2. The first-order valence-corrected chi connectivity index (χ1v) is 13.3. The summed E-state index contributed by atoms with van der Waals surface area (Å²) in [6.07, 6.45) is 9.42. The van der Waals surface area contributed by atoms with E-state index in [2.05, 4.69) is 53.3 Å². The molecule has 0 amide bonds. The number of rotatable bonds is 10. The van der Waals surface area contributed by atoms with Crippen LogP contribution in [-0.4, -0.2) is 59.9 Å². The van der Waals surface area contributed by atoms with Gasteiger partial charge in [-0.05, 0) is 74.9 Å². The molecule has 6 nitrogen and oxygen atoms in total. The van der Waals surface area contributed by atoms with Gasteiger partial charge < -0.3 is 24.5 Å². The van der Waals surface area contributed by atoms with Crippen molar-refractivity contribution in [2.24, 2.45) is 11.8 Å². The monoisotopic (exact) mass is 489 g/mol. The smallest absolute Gasteiger partial charge is 0.146 e. The Morgan fingerprint density at radius 2 is 1.83 bits per heavy atom. The number of methoxy groups -OCH3 is 2. The van der Waals surface area contributed by atoms with E-state index in [0.29, 0.717) is 5.92 Å². The maximum absolute atomic E-state index is 11.7. The fraction of sp³-hybridized carbons (Fsp3) is 0.500. The first-order valence-electron chi connectivity index (χ1n) is 13.3. The van der Waals surface area contributed by atoms with E-state index in [1.165, 1.54) is 24.0 Å². The van der Waals surface area contributed by atoms with Gasteiger partial charge in [0.15, 0.2) is 0 Å². The zero-order valence-corrected chi connectivity index (χ0v) is 21.8. The van der Waals surface area contributed by atoms with Gasteiger partial charge >= 0.3 is 0 Å². The summed E-state index contributed by atoms with van der Waals surface area (Å²) in [7, 11) is 5.49. The van der Waals surface area contributed by atoms with Crippen LogP contribution in [0.15, 0.2) is 48.5 Å². The van der Waals surface area contributed by atoms with E-state index in [1.54, 1.807) is 14.2 Å². The van der Waals surface area contributed by atoms with Crippen LogP contribution in [0.5, 0.6) is 11.5 Å². The molecule has 36 heavy (non-hydrogen) atoms. The van der Waals surface area contributed by atoms with Crippen molar-refractivity contribution < 1.29 is 14.6 Å². The Labute approximate surface area is 214 Å². The normalized spacial score (nSPS) is 23.6. The van der Waals surface area contributed by atoms with Crippen molar-refractivity contribution in [2.45, 2.75) is 50.5 Å². The molecule has 1 fully saturated rings. The summed E-state index contributed by atoms with van der Waals surface area (Å²) in [5.74, 6) is 3.18. The predicted molar refractivity (Wildman–Crippen MR) is 144 cm³/mol. The summed E-state index contributed by atoms with van der Waals surface area (Å²) in [6.45, 7) is 1.86. The molecule has 3 aliphatic rings. The van der Waals surface area contributed by atoms with Gasteiger partial charge in [0.1, 0.15) is 28.4 Å². The topological polar surface area (TPSA) is 70.6 Å². The Bertz CT molecular complexity index is 1160. The van der Waals surface area contributed by atoms with Gasteiger partial charge in [-0.25, -0.2) is 4.98 Å². The summed E-state index contributed by atoms with van der Waals surface area (Å²) in [5, 5.41) is 11.7. The Morgan fingerprint density at radius 3 is 2.61 bits per heavy atom. The quantitative estimate of drug-likeness (QED) is 0.395. The minimum Gasteiger partial charge on any atom is -0.494 e. The molecule has 1 saturated carbocycles. The van der Waals surface area contributed by atoms with E-state index in [4.69, 9.17) is 14.5 Å². The highest BCUT2D eigenvalue weighted by atomic mass is 16.5. The molecule has 3 aliphatic carbocycles. The van der Waals surface area contributed by atoms with Gasteiger partial charge in [-0.2, -0.15) is 0 Å². The number of fused-ring (bicyclic) bond motifs is 4. The molecule has 2 bridgehead atoms. The molecule has 1 heterocycles. The first-order chi connectivity index (χ1) is 17.5. The highest BCUT2D eigenvalue weighted by molar-refractivity contribution is 5.87. The van der Waals surface area contributed by atoms with Gasteiger partial charge in [0, 0.05) is 18.9 Å². The molecule has 2 N–H and O–H groups in total. The molecular weight excluding hydrogens is 450 g/mol. The van der Waals surface area contributed by atoms with Crippen LogP contribution in [-0.2, 0) is 6.42 Å². The lowest BCUT2D eigenvalue weighted by molar-refractivity contribution is -0.0299. The van der Waals surface area contributed by atoms with Crippen molar-refractivity contribution in [2.75, 3.05) is 34.4 Å². The van der Waals surface area contributed by atoms with Crippen LogP contribution >= 0.6 is 0 Å². The van der Waals surface area contributed by atoms with E-state index in [-0.39, 0.29) is 5.92 Å². The molecular formula is C30H39N3O3. The molecule has 0 spiro atoms. The summed E-state index contributed by atoms with van der Waals surface area (Å²) in [6, 6.07) is 14.5. The zero-order chi connectivity index (χ0) is 25.1. The number of hydrogen-bond acceptors (Lipinski definition) is 5. The lowest BCUT2D eigenvalue weighted by Gasteiger charge is -2.41. The lowest BCUT2D eigenvalue weighted by Crippen LogP contribution is -2.43. The molecule has 6 heteroatoms. The van der Waals surface area contributed by atoms with Gasteiger partial charge in [0.2, 0.25) is 0 Å². The van der Waals surface area contributed by atoms with Gasteiger partial charge in [-0.15, -0.1) is 0 Å². The maximum Gasteiger partial charge on any atom is 0.146 e. The number of benzene rings is 2. The highest BCUT2D eigenvalue weighted by Gasteiger charge is 2.44. The number of aromatic nitrogens is 2. The molecule has 0 aliphatic heterocycles. The number of imidazole rings is 1. The SMILES string of the molecule is COc1ccc(OC)c2[nH]c(CCCN(C)CC[C@]3(O)C[C@H]4CCC[C@H]3C=C4c3ccccc3)nc12. The van der Waals surface area contributed by atoms with Crippen LogP contribution in [0.1, 0.15) is 49.9 Å². The number of allylic oxidation sites excluding steroid dienone is 1. The Kier molecular flexibility index (Phi) is 7.35. The third-order valence-corrected chi connectivity index (χ3v) is 8.22. The van der Waals surface area contributed by atoms with Crippen LogP contribution in [0.4, 0.5) is 0 Å². The van der Waals surface area contributed by atoms with E-state index in [1.807, 2.05) is 12.1 Å². The number of aromatic amines is 1. The van der Waals surface area contributed by atoms with Crippen molar-refractivity contribution in [3.8, 4) is 11.5 Å². The highest BCUT2D eigenvalue weighted by Crippen LogP contribution is 2.49. The average Bonchev–Trinajstić information content (AvgIpc) is 3.12. The molecule has 0 saturated heterocycles. The van der Waals surface area contributed by atoms with Gasteiger partial charge in [-0.3, -0.25) is 0 Å². The molecule has 6 rings (SSSR count). The molecule has 3 atom stereocenters. The largest absolute Gasteiger partial charge is 0.494 e. The first kappa shape index (κ1) is 24.8.